The Labute approximate surface area is 213 Å². The minimum Gasteiger partial charge on any atom is -0.379 e. The van der Waals surface area contributed by atoms with Gasteiger partial charge >= 0.3 is 0 Å². The number of benzene rings is 2. The van der Waals surface area contributed by atoms with Gasteiger partial charge in [-0.2, -0.15) is 0 Å². The van der Waals surface area contributed by atoms with E-state index in [1.54, 1.807) is 11.8 Å². The first kappa shape index (κ1) is 24.8. The molecular weight excluding hydrogens is 497 g/mol. The van der Waals surface area contributed by atoms with E-state index in [4.69, 9.17) is 32.9 Å². The highest BCUT2D eigenvalue weighted by Gasteiger charge is 2.21. The number of nitrogens with zero attached hydrogens (tertiary/aromatic N) is 3. The molecule has 2 aromatic carbocycles. The molecule has 5 nitrogen and oxygen atoms in total. The Morgan fingerprint density at radius 1 is 1.18 bits per heavy atom. The number of hydrogen-bond donors (Lipinski definition) is 0. The molecule has 0 bridgehead atoms. The van der Waals surface area contributed by atoms with Crippen molar-refractivity contribution in [3.63, 3.8) is 0 Å². The van der Waals surface area contributed by atoms with Gasteiger partial charge in [0.1, 0.15) is 0 Å². The van der Waals surface area contributed by atoms with Crippen LogP contribution in [0.25, 0.3) is 10.2 Å². The zero-order valence-corrected chi connectivity index (χ0v) is 21.7. The molecule has 0 N–H and O–H groups in total. The number of carbonyl (C=O) groups is 1. The number of anilines is 1. The minimum absolute atomic E-state index is 0.0891. The lowest BCUT2D eigenvalue weighted by Gasteiger charge is -2.27. The molecule has 176 valence electrons. The predicted octanol–water partition coefficient (Wildman–Crippen LogP) is 6.15. The SMILES string of the molecule is Cc1ccc(Cl)c2sc(N(CCCN3CCOCC3)C(=O)CCSc3ccc(Cl)cc3)nc12. The summed E-state index contributed by atoms with van der Waals surface area (Å²) < 4.78 is 6.38. The van der Waals surface area contributed by atoms with E-state index in [1.807, 2.05) is 48.2 Å². The number of halogens is 2. The maximum atomic E-state index is 13.3. The number of thioether (sulfide) groups is 1. The second kappa shape index (κ2) is 11.9. The summed E-state index contributed by atoms with van der Waals surface area (Å²) in [6.07, 6.45) is 1.33. The summed E-state index contributed by atoms with van der Waals surface area (Å²) in [5.74, 6) is 0.789. The molecule has 9 heteroatoms. The van der Waals surface area contributed by atoms with Crippen LogP contribution >= 0.6 is 46.3 Å². The fraction of sp³-hybridized carbons (Fsp3) is 0.417. The molecule has 1 amide bonds. The van der Waals surface area contributed by atoms with Gasteiger partial charge in [0.2, 0.25) is 5.91 Å². The number of carbonyl (C=O) groups excluding carboxylic acids is 1. The van der Waals surface area contributed by atoms with Crippen LogP contribution < -0.4 is 4.90 Å². The van der Waals surface area contributed by atoms with E-state index in [-0.39, 0.29) is 5.91 Å². The number of morpholine rings is 1. The van der Waals surface area contributed by atoms with Gasteiger partial charge < -0.3 is 4.74 Å². The van der Waals surface area contributed by atoms with Crippen LogP contribution in [0.4, 0.5) is 5.13 Å². The van der Waals surface area contributed by atoms with Crippen LogP contribution in [0.5, 0.6) is 0 Å². The number of hydrogen-bond acceptors (Lipinski definition) is 6. The van der Waals surface area contributed by atoms with Crippen LogP contribution in [0.3, 0.4) is 0 Å². The summed E-state index contributed by atoms with van der Waals surface area (Å²) in [4.78, 5) is 23.5. The highest BCUT2D eigenvalue weighted by atomic mass is 35.5. The Bertz CT molecular complexity index is 1050. The maximum absolute atomic E-state index is 13.3. The maximum Gasteiger partial charge on any atom is 0.229 e. The van der Waals surface area contributed by atoms with Crippen LogP contribution in [0.15, 0.2) is 41.3 Å². The molecule has 0 spiro atoms. The molecule has 0 atom stereocenters. The molecule has 1 aliphatic rings. The first-order valence-electron chi connectivity index (χ1n) is 11.1. The molecule has 1 aliphatic heterocycles. The lowest BCUT2D eigenvalue weighted by atomic mass is 10.2. The summed E-state index contributed by atoms with van der Waals surface area (Å²) in [7, 11) is 0. The third kappa shape index (κ3) is 6.62. The fourth-order valence-corrected chi connectivity index (χ4v) is 6.06. The molecule has 0 saturated carbocycles. The van der Waals surface area contributed by atoms with Crippen molar-refractivity contribution in [3.8, 4) is 0 Å². The van der Waals surface area contributed by atoms with Crippen LogP contribution in [-0.4, -0.2) is 60.9 Å². The van der Waals surface area contributed by atoms with E-state index in [2.05, 4.69) is 4.90 Å². The van der Waals surface area contributed by atoms with Gasteiger partial charge in [-0.3, -0.25) is 14.6 Å². The number of fused-ring (bicyclic) bond motifs is 1. The molecule has 0 radical (unpaired) electrons. The summed E-state index contributed by atoms with van der Waals surface area (Å²) >= 11 is 15.6. The van der Waals surface area contributed by atoms with Gasteiger partial charge in [0, 0.05) is 48.3 Å². The van der Waals surface area contributed by atoms with Crippen LogP contribution in [0.2, 0.25) is 10.0 Å². The van der Waals surface area contributed by atoms with Crippen molar-refractivity contribution in [2.45, 2.75) is 24.7 Å². The molecule has 1 aromatic heterocycles. The van der Waals surface area contributed by atoms with Gasteiger partial charge in [-0.05, 0) is 49.2 Å². The van der Waals surface area contributed by atoms with Crippen molar-refractivity contribution in [1.29, 1.82) is 0 Å². The molecule has 1 saturated heterocycles. The van der Waals surface area contributed by atoms with Gasteiger partial charge in [-0.1, -0.05) is 40.6 Å². The summed E-state index contributed by atoms with van der Waals surface area (Å²) in [5.41, 5.74) is 1.94. The third-order valence-corrected chi connectivity index (χ3v) is 8.38. The number of aromatic nitrogens is 1. The smallest absolute Gasteiger partial charge is 0.229 e. The number of rotatable bonds is 9. The summed E-state index contributed by atoms with van der Waals surface area (Å²) in [6, 6.07) is 11.6. The average Bonchev–Trinajstić information content (AvgIpc) is 3.27. The molecular formula is C24H27Cl2N3O2S2. The number of ether oxygens (including phenoxy) is 1. The zero-order valence-electron chi connectivity index (χ0n) is 18.6. The molecule has 1 fully saturated rings. The largest absolute Gasteiger partial charge is 0.379 e. The number of aryl methyl sites for hydroxylation is 1. The predicted molar refractivity (Wildman–Crippen MR) is 140 cm³/mol. The minimum atomic E-state index is 0.0891. The quantitative estimate of drug-likeness (QED) is 0.314. The van der Waals surface area contributed by atoms with Crippen molar-refractivity contribution in [2.75, 3.05) is 50.0 Å². The zero-order chi connectivity index (χ0) is 23.2. The first-order chi connectivity index (χ1) is 16.0. The molecule has 4 rings (SSSR count). The Morgan fingerprint density at radius 3 is 2.67 bits per heavy atom. The van der Waals surface area contributed by atoms with Gasteiger partial charge in [0.25, 0.3) is 0 Å². The van der Waals surface area contributed by atoms with E-state index in [0.29, 0.717) is 28.8 Å². The fourth-order valence-electron chi connectivity index (χ4n) is 3.73. The highest BCUT2D eigenvalue weighted by Crippen LogP contribution is 2.36. The van der Waals surface area contributed by atoms with Crippen molar-refractivity contribution in [1.82, 2.24) is 9.88 Å². The monoisotopic (exact) mass is 523 g/mol. The Balaban J connectivity index is 1.45. The highest BCUT2D eigenvalue weighted by molar-refractivity contribution is 7.99. The van der Waals surface area contributed by atoms with Crippen molar-refractivity contribution in [2.24, 2.45) is 0 Å². The van der Waals surface area contributed by atoms with Gasteiger partial charge in [-0.25, -0.2) is 4.98 Å². The molecule has 2 heterocycles. The Morgan fingerprint density at radius 2 is 1.94 bits per heavy atom. The van der Waals surface area contributed by atoms with E-state index < -0.39 is 0 Å². The van der Waals surface area contributed by atoms with Gasteiger partial charge in [-0.15, -0.1) is 11.8 Å². The van der Waals surface area contributed by atoms with Gasteiger partial charge in [0.05, 0.1) is 28.5 Å². The molecule has 33 heavy (non-hydrogen) atoms. The van der Waals surface area contributed by atoms with E-state index in [1.165, 1.54) is 11.3 Å². The second-order valence-corrected chi connectivity index (χ2v) is 10.9. The van der Waals surface area contributed by atoms with E-state index in [0.717, 1.165) is 65.1 Å². The van der Waals surface area contributed by atoms with E-state index in [9.17, 15) is 4.79 Å². The molecule has 0 aliphatic carbocycles. The first-order valence-corrected chi connectivity index (χ1v) is 13.6. The summed E-state index contributed by atoms with van der Waals surface area (Å²) in [6.45, 7) is 7.05. The van der Waals surface area contributed by atoms with Crippen LogP contribution in [0.1, 0.15) is 18.4 Å². The number of thiazole rings is 1. The Kier molecular flexibility index (Phi) is 8.91. The molecule has 0 unspecified atom stereocenters. The standard InChI is InChI=1S/C24H27Cl2N3O2S2/c1-17-3-8-20(26)23-22(17)27-24(33-23)29(11-2-10-28-12-14-31-15-13-28)21(30)9-16-32-19-6-4-18(25)5-7-19/h3-8H,2,9-16H2,1H3. The number of amides is 1. The van der Waals surface area contributed by atoms with Crippen molar-refractivity contribution in [3.05, 3.63) is 52.0 Å². The van der Waals surface area contributed by atoms with Crippen LogP contribution in [0, 0.1) is 6.92 Å². The molecule has 3 aromatic rings. The average molecular weight is 525 g/mol. The van der Waals surface area contributed by atoms with E-state index >= 15 is 0 Å². The van der Waals surface area contributed by atoms with Crippen molar-refractivity contribution >= 4 is 67.6 Å². The van der Waals surface area contributed by atoms with Gasteiger partial charge in [0.15, 0.2) is 5.13 Å². The topological polar surface area (TPSA) is 45.7 Å². The lowest BCUT2D eigenvalue weighted by molar-refractivity contribution is -0.118. The Hall–Kier alpha value is -1.35. The third-order valence-electron chi connectivity index (χ3n) is 5.58. The van der Waals surface area contributed by atoms with Crippen molar-refractivity contribution < 1.29 is 9.53 Å². The lowest BCUT2D eigenvalue weighted by Crippen LogP contribution is -2.39. The summed E-state index contributed by atoms with van der Waals surface area (Å²) in [5, 5.41) is 2.12. The second-order valence-electron chi connectivity index (χ2n) is 7.94. The normalized spacial score (nSPS) is 14.6. The van der Waals surface area contributed by atoms with Crippen LogP contribution in [-0.2, 0) is 9.53 Å².